The molecule has 1 aromatic rings. The van der Waals surface area contributed by atoms with Crippen molar-refractivity contribution in [1.82, 2.24) is 9.80 Å². The first-order valence-corrected chi connectivity index (χ1v) is 11.4. The number of anilines is 1. The summed E-state index contributed by atoms with van der Waals surface area (Å²) in [6, 6.07) is 8.68. The molecule has 5 fully saturated rings. The second-order valence-electron chi connectivity index (χ2n) is 10.6. The van der Waals surface area contributed by atoms with Crippen molar-refractivity contribution in [3.8, 4) is 0 Å². The SMILES string of the molecule is CC(C)(C)OC(=O)N1C[C@@H]2[C@@H]1CN2c1ccc(C(=O)N2CC3CCC(CC3)C2)cc1. The van der Waals surface area contributed by atoms with E-state index in [1.54, 1.807) is 0 Å². The maximum absolute atomic E-state index is 13.0. The zero-order valence-electron chi connectivity index (χ0n) is 18.3. The van der Waals surface area contributed by atoms with Gasteiger partial charge in [-0.1, -0.05) is 0 Å². The van der Waals surface area contributed by atoms with Gasteiger partial charge in [-0.05, 0) is 82.6 Å². The van der Waals surface area contributed by atoms with Gasteiger partial charge in [0.2, 0.25) is 0 Å². The smallest absolute Gasteiger partial charge is 0.410 e. The Kier molecular flexibility index (Phi) is 4.71. The molecule has 6 heteroatoms. The lowest BCUT2D eigenvalue weighted by atomic mass is 9.84. The van der Waals surface area contributed by atoms with Crippen LogP contribution in [0.3, 0.4) is 0 Å². The molecule has 1 aliphatic carbocycles. The first-order valence-electron chi connectivity index (χ1n) is 11.4. The molecule has 162 valence electrons. The van der Waals surface area contributed by atoms with Gasteiger partial charge in [-0.25, -0.2) is 4.79 Å². The summed E-state index contributed by atoms with van der Waals surface area (Å²) in [5.74, 6) is 1.56. The van der Waals surface area contributed by atoms with E-state index in [1.165, 1.54) is 25.7 Å². The van der Waals surface area contributed by atoms with Crippen LogP contribution >= 0.6 is 0 Å². The van der Waals surface area contributed by atoms with Crippen LogP contribution in [0.1, 0.15) is 56.8 Å². The average molecular weight is 412 g/mol. The maximum atomic E-state index is 13.0. The van der Waals surface area contributed by atoms with Gasteiger partial charge in [-0.2, -0.15) is 0 Å². The van der Waals surface area contributed by atoms with E-state index in [0.29, 0.717) is 24.4 Å². The highest BCUT2D eigenvalue weighted by molar-refractivity contribution is 5.94. The second-order valence-corrected chi connectivity index (χ2v) is 10.6. The highest BCUT2D eigenvalue weighted by atomic mass is 16.6. The number of likely N-dealkylation sites (tertiary alicyclic amines) is 1. The molecule has 4 aliphatic heterocycles. The molecule has 30 heavy (non-hydrogen) atoms. The van der Waals surface area contributed by atoms with E-state index < -0.39 is 5.60 Å². The lowest BCUT2D eigenvalue weighted by Crippen LogP contribution is -2.80. The van der Waals surface area contributed by atoms with E-state index in [4.69, 9.17) is 4.74 Å². The van der Waals surface area contributed by atoms with E-state index in [0.717, 1.165) is 30.9 Å². The number of carbonyl (C=O) groups excluding carboxylic acids is 2. The first kappa shape index (κ1) is 19.7. The third-order valence-corrected chi connectivity index (χ3v) is 7.30. The van der Waals surface area contributed by atoms with Gasteiger partial charge in [0.25, 0.3) is 5.91 Å². The minimum absolute atomic E-state index is 0.182. The number of piperazine rings is 1. The summed E-state index contributed by atoms with van der Waals surface area (Å²) < 4.78 is 5.49. The average Bonchev–Trinajstić information content (AvgIpc) is 3.02. The predicted molar refractivity (Wildman–Crippen MR) is 116 cm³/mol. The number of carbonyl (C=O) groups is 2. The van der Waals surface area contributed by atoms with Crippen molar-refractivity contribution in [2.45, 2.75) is 64.1 Å². The molecule has 0 radical (unpaired) electrons. The van der Waals surface area contributed by atoms with Crippen LogP contribution in [0.25, 0.3) is 0 Å². The third kappa shape index (κ3) is 3.54. The summed E-state index contributed by atoms with van der Waals surface area (Å²) in [7, 11) is 0. The molecular weight excluding hydrogens is 378 g/mol. The minimum atomic E-state index is -0.457. The Hall–Kier alpha value is -2.24. The highest BCUT2D eigenvalue weighted by Crippen LogP contribution is 2.38. The lowest BCUT2D eigenvalue weighted by molar-refractivity contribution is -0.0310. The summed E-state index contributed by atoms with van der Waals surface area (Å²) in [6.07, 6.45) is 4.92. The second kappa shape index (κ2) is 7.17. The molecule has 0 aromatic heterocycles. The Morgan fingerprint density at radius 2 is 1.47 bits per heavy atom. The summed E-state index contributed by atoms with van der Waals surface area (Å²) >= 11 is 0. The predicted octanol–water partition coefficient (Wildman–Crippen LogP) is 3.76. The van der Waals surface area contributed by atoms with Crippen molar-refractivity contribution >= 4 is 17.7 Å². The van der Waals surface area contributed by atoms with Crippen molar-refractivity contribution in [2.75, 3.05) is 31.1 Å². The van der Waals surface area contributed by atoms with Crippen molar-refractivity contribution < 1.29 is 14.3 Å². The zero-order chi connectivity index (χ0) is 21.0. The van der Waals surface area contributed by atoms with Crippen LogP contribution in [0.4, 0.5) is 10.5 Å². The van der Waals surface area contributed by atoms with E-state index >= 15 is 0 Å². The quantitative estimate of drug-likeness (QED) is 0.744. The lowest BCUT2D eigenvalue weighted by Gasteiger charge is -2.62. The molecule has 5 aliphatic rings. The van der Waals surface area contributed by atoms with E-state index in [-0.39, 0.29) is 18.0 Å². The topological polar surface area (TPSA) is 53.1 Å². The van der Waals surface area contributed by atoms with Crippen LogP contribution in [0, 0.1) is 11.8 Å². The number of fused-ring (bicyclic) bond motifs is 5. The number of hydrogen-bond donors (Lipinski definition) is 0. The number of nitrogens with zero attached hydrogens (tertiary/aromatic N) is 3. The molecule has 2 bridgehead atoms. The van der Waals surface area contributed by atoms with Gasteiger partial charge in [0, 0.05) is 37.4 Å². The molecule has 1 aromatic carbocycles. The largest absolute Gasteiger partial charge is 0.444 e. The van der Waals surface area contributed by atoms with E-state index in [1.807, 2.05) is 37.8 Å². The van der Waals surface area contributed by atoms with Crippen molar-refractivity contribution in [3.05, 3.63) is 29.8 Å². The summed E-state index contributed by atoms with van der Waals surface area (Å²) in [5.41, 5.74) is 1.47. The Balaban J connectivity index is 1.18. The molecule has 4 heterocycles. The van der Waals surface area contributed by atoms with Gasteiger partial charge in [0.1, 0.15) is 5.60 Å². The number of ether oxygens (including phenoxy) is 1. The molecule has 1 saturated carbocycles. The van der Waals surface area contributed by atoms with Gasteiger partial charge in [-0.15, -0.1) is 0 Å². The van der Waals surface area contributed by atoms with Crippen LogP contribution in [0.2, 0.25) is 0 Å². The first-order chi connectivity index (χ1) is 14.3. The normalized spacial score (nSPS) is 30.2. The van der Waals surface area contributed by atoms with Crippen LogP contribution < -0.4 is 4.90 Å². The van der Waals surface area contributed by atoms with Gasteiger partial charge >= 0.3 is 6.09 Å². The highest BCUT2D eigenvalue weighted by Gasteiger charge is 2.54. The molecule has 2 atom stereocenters. The van der Waals surface area contributed by atoms with Gasteiger partial charge < -0.3 is 14.5 Å². The fourth-order valence-electron chi connectivity index (χ4n) is 5.52. The molecule has 0 unspecified atom stereocenters. The van der Waals surface area contributed by atoms with Crippen LogP contribution in [0.5, 0.6) is 0 Å². The van der Waals surface area contributed by atoms with Crippen molar-refractivity contribution in [2.24, 2.45) is 11.8 Å². The summed E-state index contributed by atoms with van der Waals surface area (Å²) in [5, 5.41) is 0. The van der Waals surface area contributed by atoms with Gasteiger partial charge in [0.15, 0.2) is 0 Å². The standard InChI is InChI=1S/C24H33N3O3/c1-24(2,3)30-23(29)27-15-20-21(27)14-26(20)19-10-8-18(9-11-19)22(28)25-12-16-4-5-17(13-25)7-6-16/h8-11,16-17,20-21H,4-7,12-15H2,1-3H3/t16?,17?,20-,21+/m1/s1. The number of benzene rings is 1. The third-order valence-electron chi connectivity index (χ3n) is 7.30. The Morgan fingerprint density at radius 3 is 1.97 bits per heavy atom. The molecule has 2 amide bonds. The Bertz CT molecular complexity index is 809. The van der Waals surface area contributed by atoms with Crippen LogP contribution in [-0.2, 0) is 4.74 Å². The van der Waals surface area contributed by atoms with Gasteiger partial charge in [0.05, 0.1) is 12.1 Å². The molecule has 4 saturated heterocycles. The number of rotatable bonds is 2. The fraction of sp³-hybridized carbons (Fsp3) is 0.667. The molecule has 0 N–H and O–H groups in total. The maximum Gasteiger partial charge on any atom is 0.410 e. The minimum Gasteiger partial charge on any atom is -0.444 e. The van der Waals surface area contributed by atoms with Crippen LogP contribution in [-0.4, -0.2) is 65.7 Å². The molecular formula is C24H33N3O3. The Labute approximate surface area is 179 Å². The van der Waals surface area contributed by atoms with Gasteiger partial charge in [-0.3, -0.25) is 9.69 Å². The van der Waals surface area contributed by atoms with Crippen molar-refractivity contribution in [1.29, 1.82) is 0 Å². The van der Waals surface area contributed by atoms with Crippen molar-refractivity contribution in [3.63, 3.8) is 0 Å². The van der Waals surface area contributed by atoms with E-state index in [9.17, 15) is 9.59 Å². The molecule has 6 nitrogen and oxygen atoms in total. The fourth-order valence-corrected chi connectivity index (χ4v) is 5.52. The Morgan fingerprint density at radius 1 is 0.867 bits per heavy atom. The number of amides is 2. The molecule has 0 spiro atoms. The monoisotopic (exact) mass is 411 g/mol. The van der Waals surface area contributed by atoms with Crippen LogP contribution in [0.15, 0.2) is 24.3 Å². The number of hydrogen-bond acceptors (Lipinski definition) is 4. The van der Waals surface area contributed by atoms with E-state index in [2.05, 4.69) is 21.9 Å². The zero-order valence-corrected chi connectivity index (χ0v) is 18.3. The molecule has 6 rings (SSSR count). The summed E-state index contributed by atoms with van der Waals surface area (Å²) in [6.45, 7) is 9.07. The summed E-state index contributed by atoms with van der Waals surface area (Å²) in [4.78, 5) is 31.6.